The van der Waals surface area contributed by atoms with Gasteiger partial charge in [-0.05, 0) is 73.7 Å². The van der Waals surface area contributed by atoms with Crippen molar-refractivity contribution < 1.29 is 9.53 Å². The van der Waals surface area contributed by atoms with E-state index >= 15 is 0 Å². The summed E-state index contributed by atoms with van der Waals surface area (Å²) in [6, 6.07) is 27.0. The zero-order valence-corrected chi connectivity index (χ0v) is 19.7. The highest BCUT2D eigenvalue weighted by Gasteiger charge is 2.31. The highest BCUT2D eigenvalue weighted by atomic mass is 16.5. The van der Waals surface area contributed by atoms with Gasteiger partial charge in [0.1, 0.15) is 0 Å². The molecular formula is C29H34N2O2. The molecule has 0 spiro atoms. The Bertz CT molecular complexity index is 1030. The van der Waals surface area contributed by atoms with E-state index in [1.165, 1.54) is 11.1 Å². The molecule has 0 bridgehead atoms. The van der Waals surface area contributed by atoms with E-state index in [1.54, 1.807) is 0 Å². The number of unbranched alkanes of at least 4 members (excludes halogenated alkanes) is 1. The summed E-state index contributed by atoms with van der Waals surface area (Å²) in [5, 5.41) is 3.06. The summed E-state index contributed by atoms with van der Waals surface area (Å²) in [6.07, 6.45) is 4.34. The van der Waals surface area contributed by atoms with Crippen LogP contribution in [0.3, 0.4) is 0 Å². The largest absolute Gasteiger partial charge is 0.375 e. The first-order valence-electron chi connectivity index (χ1n) is 11.9. The Kier molecular flexibility index (Phi) is 7.92. The number of amides is 1. The number of carbonyl (C=O) groups excluding carboxylic acids is 1. The van der Waals surface area contributed by atoms with Gasteiger partial charge in [-0.15, -0.1) is 0 Å². The predicted molar refractivity (Wildman–Crippen MR) is 134 cm³/mol. The van der Waals surface area contributed by atoms with Gasteiger partial charge in [0, 0.05) is 25.3 Å². The minimum absolute atomic E-state index is 0.00805. The molecule has 3 aromatic rings. The molecule has 3 aromatic carbocycles. The summed E-state index contributed by atoms with van der Waals surface area (Å²) in [5.41, 5.74) is 5.72. The summed E-state index contributed by atoms with van der Waals surface area (Å²) in [5.74, 6) is -0.00805. The lowest BCUT2D eigenvalue weighted by Gasteiger charge is -2.38. The molecule has 0 saturated carbocycles. The number of nitrogens with zero attached hydrogens (tertiary/aromatic N) is 1. The average molecular weight is 443 g/mol. The number of rotatable bonds is 9. The fourth-order valence-electron chi connectivity index (χ4n) is 4.84. The van der Waals surface area contributed by atoms with Crippen LogP contribution in [0.2, 0.25) is 0 Å². The van der Waals surface area contributed by atoms with Crippen LogP contribution in [0.1, 0.15) is 46.9 Å². The number of nitrogens with one attached hydrogen (secondary N) is 1. The highest BCUT2D eigenvalue weighted by Crippen LogP contribution is 2.34. The number of methoxy groups -OCH3 is 1. The number of likely N-dealkylation sites (N-methyl/N-ethyl adjacent to an activating group) is 1. The quantitative estimate of drug-likeness (QED) is 0.445. The number of ether oxygens (including phenoxy) is 1. The first-order valence-corrected chi connectivity index (χ1v) is 11.9. The minimum atomic E-state index is -0.00805. The minimum Gasteiger partial charge on any atom is -0.375 e. The molecule has 4 rings (SSSR count). The molecular weight excluding hydrogens is 408 g/mol. The Morgan fingerprint density at radius 1 is 0.939 bits per heavy atom. The van der Waals surface area contributed by atoms with Crippen molar-refractivity contribution in [2.75, 3.05) is 27.2 Å². The number of benzene rings is 3. The molecule has 1 aliphatic carbocycles. The molecule has 1 N–H and O–H groups in total. The maximum Gasteiger partial charge on any atom is 0.251 e. The fourth-order valence-corrected chi connectivity index (χ4v) is 4.84. The number of carbonyl (C=O) groups is 1. The molecule has 4 heteroatoms. The molecule has 1 amide bonds. The maximum atomic E-state index is 12.5. The Morgan fingerprint density at radius 3 is 2.39 bits per heavy atom. The van der Waals surface area contributed by atoms with Crippen molar-refractivity contribution in [1.82, 2.24) is 10.2 Å². The first-order chi connectivity index (χ1) is 16.2. The second-order valence-electron chi connectivity index (χ2n) is 8.85. The van der Waals surface area contributed by atoms with Gasteiger partial charge in [-0.1, -0.05) is 66.7 Å². The number of aryl methyl sites for hydroxylation is 1. The van der Waals surface area contributed by atoms with Crippen molar-refractivity contribution >= 4 is 5.91 Å². The molecule has 4 nitrogen and oxygen atoms in total. The van der Waals surface area contributed by atoms with Crippen LogP contribution in [0.4, 0.5) is 0 Å². The van der Waals surface area contributed by atoms with Crippen molar-refractivity contribution in [3.8, 4) is 11.1 Å². The Hall–Kier alpha value is -2.95. The summed E-state index contributed by atoms with van der Waals surface area (Å²) < 4.78 is 5.90. The first kappa shape index (κ1) is 23.2. The van der Waals surface area contributed by atoms with Gasteiger partial charge in [0.05, 0.1) is 6.10 Å². The van der Waals surface area contributed by atoms with E-state index in [1.807, 2.05) is 49.6 Å². The second kappa shape index (κ2) is 11.3. The van der Waals surface area contributed by atoms with Gasteiger partial charge in [-0.25, -0.2) is 0 Å². The van der Waals surface area contributed by atoms with Gasteiger partial charge in [0.25, 0.3) is 5.91 Å². The lowest BCUT2D eigenvalue weighted by molar-refractivity contribution is 0.0117. The number of hydrogen-bond donors (Lipinski definition) is 1. The third kappa shape index (κ3) is 5.70. The summed E-state index contributed by atoms with van der Waals surface area (Å²) in [4.78, 5) is 14.9. The van der Waals surface area contributed by atoms with Crippen LogP contribution >= 0.6 is 0 Å². The second-order valence-corrected chi connectivity index (χ2v) is 8.85. The molecule has 0 saturated heterocycles. The van der Waals surface area contributed by atoms with E-state index in [9.17, 15) is 4.79 Å². The molecule has 1 aliphatic rings. The third-order valence-corrected chi connectivity index (χ3v) is 6.72. The summed E-state index contributed by atoms with van der Waals surface area (Å²) in [7, 11) is 4.01. The Balaban J connectivity index is 1.21. The molecule has 0 radical (unpaired) electrons. The van der Waals surface area contributed by atoms with Crippen LogP contribution in [0.25, 0.3) is 11.1 Å². The van der Waals surface area contributed by atoms with E-state index in [-0.39, 0.29) is 12.0 Å². The van der Waals surface area contributed by atoms with Crippen molar-refractivity contribution in [2.45, 2.75) is 37.8 Å². The van der Waals surface area contributed by atoms with Gasteiger partial charge in [0.2, 0.25) is 0 Å². The predicted octanol–water partition coefficient (Wildman–Crippen LogP) is 5.50. The molecule has 0 fully saturated rings. The molecule has 0 heterocycles. The molecule has 2 atom stereocenters. The lowest BCUT2D eigenvalue weighted by Crippen LogP contribution is -2.41. The Labute approximate surface area is 197 Å². The fraction of sp³-hybridized carbons (Fsp3) is 0.345. The van der Waals surface area contributed by atoms with E-state index in [0.29, 0.717) is 18.2 Å². The zero-order chi connectivity index (χ0) is 23.0. The molecule has 0 aliphatic heterocycles. The number of hydrogen-bond acceptors (Lipinski definition) is 3. The summed E-state index contributed by atoms with van der Waals surface area (Å²) >= 11 is 0. The summed E-state index contributed by atoms with van der Waals surface area (Å²) in [6.45, 7) is 1.68. The average Bonchev–Trinajstić information content (AvgIpc) is 2.88. The van der Waals surface area contributed by atoms with E-state index < -0.39 is 0 Å². The van der Waals surface area contributed by atoms with Crippen LogP contribution in [0.5, 0.6) is 0 Å². The normalized spacial score (nSPS) is 17.5. The Morgan fingerprint density at radius 2 is 1.64 bits per heavy atom. The highest BCUT2D eigenvalue weighted by molar-refractivity contribution is 5.94. The van der Waals surface area contributed by atoms with Crippen LogP contribution < -0.4 is 5.32 Å². The van der Waals surface area contributed by atoms with Gasteiger partial charge in [-0.2, -0.15) is 0 Å². The molecule has 33 heavy (non-hydrogen) atoms. The van der Waals surface area contributed by atoms with Gasteiger partial charge in [-0.3, -0.25) is 4.79 Å². The van der Waals surface area contributed by atoms with Crippen LogP contribution in [-0.4, -0.2) is 44.1 Å². The third-order valence-electron chi connectivity index (χ3n) is 6.72. The monoisotopic (exact) mass is 442 g/mol. The number of fused-ring (bicyclic) bond motifs is 1. The smallest absolute Gasteiger partial charge is 0.251 e. The van der Waals surface area contributed by atoms with Crippen molar-refractivity contribution in [2.24, 2.45) is 0 Å². The SMILES string of the molecule is CO[C@H]1c2ccccc2CC[C@H]1N(C)CCCCNC(=O)c1ccc(-c2ccccc2)cc1. The van der Waals surface area contributed by atoms with Crippen molar-refractivity contribution in [1.29, 1.82) is 0 Å². The van der Waals surface area contributed by atoms with Gasteiger partial charge in [0.15, 0.2) is 0 Å². The lowest BCUT2D eigenvalue weighted by atomic mass is 9.85. The standard InChI is InChI=1S/C29H34N2O2/c1-31(27-19-18-24-12-6-7-13-26(24)28(27)33-2)21-9-8-20-30-29(32)25-16-14-23(15-17-25)22-10-4-3-5-11-22/h3-7,10-17,27-28H,8-9,18-21H2,1-2H3,(H,30,32)/t27-,28+/m1/s1. The van der Waals surface area contributed by atoms with E-state index in [0.717, 1.165) is 43.4 Å². The van der Waals surface area contributed by atoms with E-state index in [2.05, 4.69) is 53.7 Å². The maximum absolute atomic E-state index is 12.5. The molecule has 0 aromatic heterocycles. The van der Waals surface area contributed by atoms with Crippen molar-refractivity contribution in [3.05, 3.63) is 95.6 Å². The van der Waals surface area contributed by atoms with E-state index in [4.69, 9.17) is 4.74 Å². The molecule has 0 unspecified atom stereocenters. The van der Waals surface area contributed by atoms with Crippen LogP contribution in [0.15, 0.2) is 78.9 Å². The van der Waals surface area contributed by atoms with Gasteiger partial charge >= 0.3 is 0 Å². The van der Waals surface area contributed by atoms with Crippen LogP contribution in [0, 0.1) is 0 Å². The van der Waals surface area contributed by atoms with Gasteiger partial charge < -0.3 is 15.0 Å². The molecule has 172 valence electrons. The topological polar surface area (TPSA) is 41.6 Å². The zero-order valence-electron chi connectivity index (χ0n) is 19.7. The van der Waals surface area contributed by atoms with Crippen molar-refractivity contribution in [3.63, 3.8) is 0 Å². The van der Waals surface area contributed by atoms with Crippen LogP contribution in [-0.2, 0) is 11.2 Å².